The molecule has 7 nitrogen and oxygen atoms in total. The van der Waals surface area contributed by atoms with E-state index < -0.39 is 0 Å². The van der Waals surface area contributed by atoms with Crippen LogP contribution >= 0.6 is 11.6 Å². The lowest BCUT2D eigenvalue weighted by Gasteiger charge is -2.11. The number of para-hydroxylation sites is 1. The zero-order valence-electron chi connectivity index (χ0n) is 17.2. The molecular weight excluding hydrogens is 400 g/mol. The first-order valence-corrected chi connectivity index (χ1v) is 10.2. The number of benzene rings is 1. The first-order chi connectivity index (χ1) is 14.4. The van der Waals surface area contributed by atoms with Crippen LogP contribution in [0.3, 0.4) is 0 Å². The average Bonchev–Trinajstić information content (AvgIpc) is 3.26. The van der Waals surface area contributed by atoms with E-state index in [4.69, 9.17) is 16.6 Å². The van der Waals surface area contributed by atoms with Gasteiger partial charge in [-0.05, 0) is 32.4 Å². The molecule has 3 aromatic heterocycles. The third-order valence-corrected chi connectivity index (χ3v) is 5.37. The maximum Gasteiger partial charge on any atom is 0.252 e. The van der Waals surface area contributed by atoms with Gasteiger partial charge in [-0.3, -0.25) is 14.2 Å². The van der Waals surface area contributed by atoms with E-state index in [9.17, 15) is 4.79 Å². The lowest BCUT2D eigenvalue weighted by atomic mass is 10.0. The van der Waals surface area contributed by atoms with E-state index in [1.165, 1.54) is 0 Å². The van der Waals surface area contributed by atoms with Crippen molar-refractivity contribution in [1.82, 2.24) is 29.9 Å². The topological polar surface area (TPSA) is 77.6 Å². The van der Waals surface area contributed by atoms with Crippen LogP contribution in [0, 0.1) is 13.8 Å². The predicted octanol–water partition coefficient (Wildman–Crippen LogP) is 3.92. The van der Waals surface area contributed by atoms with Crippen molar-refractivity contribution >= 4 is 28.4 Å². The smallest absolute Gasteiger partial charge is 0.252 e. The highest BCUT2D eigenvalue weighted by Gasteiger charge is 2.18. The van der Waals surface area contributed by atoms with Crippen LogP contribution in [0.1, 0.15) is 28.2 Å². The average molecular weight is 423 g/mol. The number of hydrogen-bond donors (Lipinski definition) is 1. The molecule has 0 saturated heterocycles. The van der Waals surface area contributed by atoms with Gasteiger partial charge in [0.25, 0.3) is 5.91 Å². The number of aromatic nitrogens is 5. The molecule has 0 radical (unpaired) electrons. The van der Waals surface area contributed by atoms with E-state index in [1.807, 2.05) is 55.9 Å². The van der Waals surface area contributed by atoms with Crippen LogP contribution in [-0.2, 0) is 13.6 Å². The van der Waals surface area contributed by atoms with Crippen LogP contribution in [0.5, 0.6) is 0 Å². The number of nitrogens with one attached hydrogen (secondary N) is 1. The largest absolute Gasteiger partial charge is 0.352 e. The Labute approximate surface area is 179 Å². The van der Waals surface area contributed by atoms with Crippen LogP contribution < -0.4 is 5.32 Å². The molecule has 154 valence electrons. The number of pyridine rings is 1. The fraction of sp³-hybridized carbons (Fsp3) is 0.273. The van der Waals surface area contributed by atoms with Gasteiger partial charge in [0, 0.05) is 43.0 Å². The van der Waals surface area contributed by atoms with Crippen molar-refractivity contribution < 1.29 is 4.79 Å². The minimum Gasteiger partial charge on any atom is -0.352 e. The van der Waals surface area contributed by atoms with Crippen molar-refractivity contribution in [2.75, 3.05) is 6.54 Å². The summed E-state index contributed by atoms with van der Waals surface area (Å²) in [5.74, 6) is -0.118. The Morgan fingerprint density at radius 1 is 1.23 bits per heavy atom. The van der Waals surface area contributed by atoms with Gasteiger partial charge in [0.15, 0.2) is 0 Å². The van der Waals surface area contributed by atoms with Gasteiger partial charge in [-0.1, -0.05) is 29.8 Å². The lowest BCUT2D eigenvalue weighted by molar-refractivity contribution is 0.0954. The monoisotopic (exact) mass is 422 g/mol. The Kier molecular flexibility index (Phi) is 5.55. The standard InChI is InChI=1S/C22H23ClN6O/c1-14-21(15(2)28(3)27-14)20-11-18(17-7-4-5-8-19(17)26-20)22(30)24-9-6-10-29-13-16(23)12-25-29/h4-5,7-8,11-13H,6,9-10H2,1-3H3,(H,24,30). The summed E-state index contributed by atoms with van der Waals surface area (Å²) in [6, 6.07) is 9.57. The Morgan fingerprint density at radius 2 is 2.03 bits per heavy atom. The molecule has 0 unspecified atom stereocenters. The van der Waals surface area contributed by atoms with Gasteiger partial charge in [-0.15, -0.1) is 0 Å². The molecule has 0 bridgehead atoms. The SMILES string of the molecule is Cc1nn(C)c(C)c1-c1cc(C(=O)NCCCn2cc(Cl)cn2)c2ccccc2n1. The third kappa shape index (κ3) is 3.93. The summed E-state index contributed by atoms with van der Waals surface area (Å²) in [6.45, 7) is 5.19. The summed E-state index contributed by atoms with van der Waals surface area (Å²) in [5, 5.41) is 13.1. The van der Waals surface area contributed by atoms with E-state index >= 15 is 0 Å². The molecule has 4 aromatic rings. The summed E-state index contributed by atoms with van der Waals surface area (Å²) >= 11 is 5.88. The molecule has 3 heterocycles. The van der Waals surface area contributed by atoms with Gasteiger partial charge in [-0.25, -0.2) is 4.98 Å². The normalized spacial score (nSPS) is 11.2. The molecule has 30 heavy (non-hydrogen) atoms. The maximum atomic E-state index is 13.0. The highest BCUT2D eigenvalue weighted by Crippen LogP contribution is 2.29. The summed E-state index contributed by atoms with van der Waals surface area (Å²) in [4.78, 5) is 17.8. The number of amides is 1. The van der Waals surface area contributed by atoms with Crippen molar-refractivity contribution in [2.24, 2.45) is 7.05 Å². The van der Waals surface area contributed by atoms with Crippen molar-refractivity contribution in [3.8, 4) is 11.3 Å². The van der Waals surface area contributed by atoms with Crippen LogP contribution in [0.15, 0.2) is 42.7 Å². The first kappa shape index (κ1) is 20.1. The number of rotatable bonds is 6. The molecule has 8 heteroatoms. The minimum atomic E-state index is -0.118. The Bertz CT molecular complexity index is 1230. The van der Waals surface area contributed by atoms with Gasteiger partial charge in [-0.2, -0.15) is 10.2 Å². The highest BCUT2D eigenvalue weighted by atomic mass is 35.5. The molecule has 1 N–H and O–H groups in total. The van der Waals surface area contributed by atoms with E-state index in [1.54, 1.807) is 17.1 Å². The fourth-order valence-corrected chi connectivity index (χ4v) is 3.79. The second-order valence-corrected chi connectivity index (χ2v) is 7.71. The highest BCUT2D eigenvalue weighted by molar-refractivity contribution is 6.30. The lowest BCUT2D eigenvalue weighted by Crippen LogP contribution is -2.25. The number of fused-ring (bicyclic) bond motifs is 1. The molecule has 0 aliphatic rings. The van der Waals surface area contributed by atoms with Crippen molar-refractivity contribution in [2.45, 2.75) is 26.8 Å². The van der Waals surface area contributed by atoms with Gasteiger partial charge < -0.3 is 5.32 Å². The van der Waals surface area contributed by atoms with Crippen molar-refractivity contribution in [3.05, 3.63) is 64.7 Å². The summed E-state index contributed by atoms with van der Waals surface area (Å²) in [7, 11) is 1.91. The molecular formula is C22H23ClN6O. The number of carbonyl (C=O) groups excluding carboxylic acids is 1. The van der Waals surface area contributed by atoms with E-state index in [2.05, 4.69) is 15.5 Å². The quantitative estimate of drug-likeness (QED) is 0.478. The van der Waals surface area contributed by atoms with Crippen LogP contribution in [0.25, 0.3) is 22.2 Å². The molecule has 0 saturated carbocycles. The van der Waals surface area contributed by atoms with Gasteiger partial charge in [0.1, 0.15) is 0 Å². The Balaban J connectivity index is 1.59. The number of nitrogens with zero attached hydrogens (tertiary/aromatic N) is 5. The first-order valence-electron chi connectivity index (χ1n) is 9.80. The Morgan fingerprint density at radius 3 is 2.73 bits per heavy atom. The van der Waals surface area contributed by atoms with E-state index in [0.717, 1.165) is 40.0 Å². The van der Waals surface area contributed by atoms with E-state index in [-0.39, 0.29) is 5.91 Å². The van der Waals surface area contributed by atoms with Gasteiger partial charge >= 0.3 is 0 Å². The molecule has 0 fully saturated rings. The van der Waals surface area contributed by atoms with Crippen LogP contribution in [-0.4, -0.2) is 37.0 Å². The molecule has 1 aromatic carbocycles. The van der Waals surface area contributed by atoms with Gasteiger partial charge in [0.05, 0.1) is 33.7 Å². The molecule has 0 spiro atoms. The van der Waals surface area contributed by atoms with Crippen LogP contribution in [0.4, 0.5) is 0 Å². The Hall–Kier alpha value is -3.19. The van der Waals surface area contributed by atoms with Crippen molar-refractivity contribution in [1.29, 1.82) is 0 Å². The zero-order chi connectivity index (χ0) is 21.3. The van der Waals surface area contributed by atoms with Gasteiger partial charge in [0.2, 0.25) is 0 Å². The zero-order valence-corrected chi connectivity index (χ0v) is 17.9. The molecule has 0 atom stereocenters. The van der Waals surface area contributed by atoms with E-state index in [0.29, 0.717) is 23.7 Å². The number of hydrogen-bond acceptors (Lipinski definition) is 4. The summed E-state index contributed by atoms with van der Waals surface area (Å²) < 4.78 is 3.60. The molecule has 1 amide bonds. The molecule has 4 rings (SSSR count). The molecule has 0 aliphatic heterocycles. The minimum absolute atomic E-state index is 0.118. The maximum absolute atomic E-state index is 13.0. The second kappa shape index (κ2) is 8.28. The number of aryl methyl sites for hydroxylation is 3. The second-order valence-electron chi connectivity index (χ2n) is 7.27. The predicted molar refractivity (Wildman–Crippen MR) is 118 cm³/mol. The fourth-order valence-electron chi connectivity index (χ4n) is 3.63. The van der Waals surface area contributed by atoms with Crippen LogP contribution in [0.2, 0.25) is 5.02 Å². The summed E-state index contributed by atoms with van der Waals surface area (Å²) in [5.41, 5.74) is 5.02. The third-order valence-electron chi connectivity index (χ3n) is 5.18. The van der Waals surface area contributed by atoms with Crippen molar-refractivity contribution in [3.63, 3.8) is 0 Å². The number of halogens is 1. The molecule has 0 aliphatic carbocycles. The number of carbonyl (C=O) groups is 1. The summed E-state index contributed by atoms with van der Waals surface area (Å²) in [6.07, 6.45) is 4.12.